The lowest BCUT2D eigenvalue weighted by atomic mass is 10.1. The summed E-state index contributed by atoms with van der Waals surface area (Å²) in [7, 11) is 1.50. The number of nitrogens with zero attached hydrogens (tertiary/aromatic N) is 4. The molecule has 2 heterocycles. The Kier molecular flexibility index (Phi) is 5.30. The van der Waals surface area contributed by atoms with Crippen LogP contribution in [0.15, 0.2) is 41.8 Å². The SMILES string of the molecule is COc1cccc(F)c1CCc1ccc(C(=O)O/N=C(\C)N)c2nncn12. The molecule has 0 amide bonds. The summed E-state index contributed by atoms with van der Waals surface area (Å²) in [6.07, 6.45) is 2.38. The van der Waals surface area contributed by atoms with Gasteiger partial charge in [0.1, 0.15) is 29.3 Å². The number of benzene rings is 1. The Labute approximate surface area is 154 Å². The number of halogens is 1. The third-order valence-electron chi connectivity index (χ3n) is 3.96. The molecule has 2 N–H and O–H groups in total. The maximum absolute atomic E-state index is 14.1. The second-order valence-electron chi connectivity index (χ2n) is 5.79. The number of amidine groups is 1. The average molecular weight is 371 g/mol. The van der Waals surface area contributed by atoms with Crippen molar-refractivity contribution >= 4 is 17.5 Å². The van der Waals surface area contributed by atoms with Gasteiger partial charge >= 0.3 is 5.97 Å². The van der Waals surface area contributed by atoms with Crippen LogP contribution in [0, 0.1) is 5.82 Å². The summed E-state index contributed by atoms with van der Waals surface area (Å²) in [5.41, 5.74) is 7.17. The lowest BCUT2D eigenvalue weighted by molar-refractivity contribution is 0.0517. The van der Waals surface area contributed by atoms with Crippen molar-refractivity contribution in [1.29, 1.82) is 0 Å². The zero-order valence-electron chi connectivity index (χ0n) is 14.8. The van der Waals surface area contributed by atoms with Crippen LogP contribution >= 0.6 is 0 Å². The summed E-state index contributed by atoms with van der Waals surface area (Å²) in [4.78, 5) is 16.9. The summed E-state index contributed by atoms with van der Waals surface area (Å²) in [6.45, 7) is 1.50. The summed E-state index contributed by atoms with van der Waals surface area (Å²) in [5.74, 6) is -0.411. The van der Waals surface area contributed by atoms with E-state index in [4.69, 9.17) is 15.3 Å². The number of methoxy groups -OCH3 is 1. The van der Waals surface area contributed by atoms with Gasteiger partial charge in [0.25, 0.3) is 0 Å². The van der Waals surface area contributed by atoms with E-state index in [2.05, 4.69) is 15.4 Å². The number of rotatable bonds is 6. The summed E-state index contributed by atoms with van der Waals surface area (Å²) in [5, 5.41) is 11.3. The number of ether oxygens (including phenoxy) is 1. The van der Waals surface area contributed by atoms with Crippen LogP contribution < -0.4 is 10.5 Å². The second-order valence-corrected chi connectivity index (χ2v) is 5.79. The molecule has 9 heteroatoms. The van der Waals surface area contributed by atoms with Gasteiger partial charge < -0.3 is 15.3 Å². The van der Waals surface area contributed by atoms with E-state index in [1.54, 1.807) is 28.7 Å². The maximum Gasteiger partial charge on any atom is 0.369 e. The third kappa shape index (κ3) is 3.86. The fraction of sp³-hybridized carbons (Fsp3) is 0.222. The van der Waals surface area contributed by atoms with E-state index in [-0.39, 0.29) is 17.2 Å². The molecule has 0 saturated heterocycles. The van der Waals surface area contributed by atoms with Gasteiger partial charge in [-0.15, -0.1) is 10.2 Å². The van der Waals surface area contributed by atoms with Crippen molar-refractivity contribution in [2.75, 3.05) is 7.11 Å². The fourth-order valence-corrected chi connectivity index (χ4v) is 2.71. The average Bonchev–Trinajstić information content (AvgIpc) is 3.14. The number of hydrogen-bond acceptors (Lipinski definition) is 6. The minimum atomic E-state index is -0.694. The van der Waals surface area contributed by atoms with Crippen molar-refractivity contribution in [2.24, 2.45) is 10.9 Å². The van der Waals surface area contributed by atoms with Crippen LogP contribution in [0.25, 0.3) is 5.65 Å². The van der Waals surface area contributed by atoms with E-state index >= 15 is 0 Å². The molecule has 27 heavy (non-hydrogen) atoms. The normalized spacial score (nSPS) is 11.6. The van der Waals surface area contributed by atoms with Crippen LogP contribution in [-0.4, -0.2) is 33.5 Å². The Morgan fingerprint density at radius 3 is 2.85 bits per heavy atom. The van der Waals surface area contributed by atoms with E-state index in [0.717, 1.165) is 5.69 Å². The van der Waals surface area contributed by atoms with Crippen molar-refractivity contribution in [2.45, 2.75) is 19.8 Å². The van der Waals surface area contributed by atoms with Gasteiger partial charge in [-0.05, 0) is 44.0 Å². The molecule has 0 spiro atoms. The lowest BCUT2D eigenvalue weighted by Gasteiger charge is -2.11. The number of aryl methyl sites for hydroxylation is 1. The molecule has 0 aliphatic carbocycles. The highest BCUT2D eigenvalue weighted by atomic mass is 19.1. The summed E-state index contributed by atoms with van der Waals surface area (Å²) >= 11 is 0. The standard InChI is InChI=1S/C18H18FN5O3/c1-11(20)23-27-18(25)14-9-7-12(24-10-21-22-17(14)24)6-8-13-15(19)4-3-5-16(13)26-2/h3-5,7,9-10H,6,8H2,1-2H3,(H2,20,23). The van der Waals surface area contributed by atoms with Crippen molar-refractivity contribution in [3.05, 3.63) is 59.3 Å². The Bertz CT molecular complexity index is 1010. The Hall–Kier alpha value is -3.49. The molecule has 0 fully saturated rings. The zero-order valence-corrected chi connectivity index (χ0v) is 14.8. The molecule has 3 aromatic rings. The first-order valence-electron chi connectivity index (χ1n) is 8.15. The number of aromatic nitrogens is 3. The second kappa shape index (κ2) is 7.81. The maximum atomic E-state index is 14.1. The van der Waals surface area contributed by atoms with E-state index < -0.39 is 5.97 Å². The quantitative estimate of drug-likeness (QED) is 0.308. The van der Waals surface area contributed by atoms with Gasteiger partial charge in [-0.3, -0.25) is 4.40 Å². The molecule has 3 rings (SSSR count). The topological polar surface area (TPSA) is 104 Å². The van der Waals surface area contributed by atoms with Crippen molar-refractivity contribution in [3.63, 3.8) is 0 Å². The molecule has 0 bridgehead atoms. The predicted octanol–water partition coefficient (Wildman–Crippen LogP) is 2.11. The van der Waals surface area contributed by atoms with E-state index in [1.165, 1.54) is 26.4 Å². The summed E-state index contributed by atoms with van der Waals surface area (Å²) in [6, 6.07) is 8.01. The molecule has 8 nitrogen and oxygen atoms in total. The highest BCUT2D eigenvalue weighted by Gasteiger charge is 2.17. The van der Waals surface area contributed by atoms with Crippen LogP contribution in [-0.2, 0) is 17.7 Å². The van der Waals surface area contributed by atoms with Gasteiger partial charge in [0, 0.05) is 11.3 Å². The molecule has 140 valence electrons. The van der Waals surface area contributed by atoms with Gasteiger partial charge in [0.2, 0.25) is 0 Å². The van der Waals surface area contributed by atoms with Gasteiger partial charge in [0.15, 0.2) is 5.65 Å². The van der Waals surface area contributed by atoms with Crippen molar-refractivity contribution < 1.29 is 18.8 Å². The molecule has 1 aromatic carbocycles. The Morgan fingerprint density at radius 1 is 1.30 bits per heavy atom. The first-order chi connectivity index (χ1) is 13.0. The lowest BCUT2D eigenvalue weighted by Crippen LogP contribution is -2.11. The van der Waals surface area contributed by atoms with E-state index in [0.29, 0.717) is 29.8 Å². The largest absolute Gasteiger partial charge is 0.496 e. The van der Waals surface area contributed by atoms with Crippen molar-refractivity contribution in [1.82, 2.24) is 14.6 Å². The monoisotopic (exact) mass is 371 g/mol. The molecule has 0 unspecified atom stereocenters. The molecule has 2 aromatic heterocycles. The van der Waals surface area contributed by atoms with Gasteiger partial charge in [-0.25, -0.2) is 9.18 Å². The number of hydrogen-bond donors (Lipinski definition) is 1. The van der Waals surface area contributed by atoms with Crippen LogP contribution in [0.2, 0.25) is 0 Å². The fourth-order valence-electron chi connectivity index (χ4n) is 2.71. The van der Waals surface area contributed by atoms with Gasteiger partial charge in [-0.1, -0.05) is 11.2 Å². The van der Waals surface area contributed by atoms with Gasteiger partial charge in [-0.2, -0.15) is 0 Å². The molecular formula is C18H18FN5O3. The zero-order chi connectivity index (χ0) is 19.4. The first kappa shape index (κ1) is 18.3. The molecule has 0 atom stereocenters. The Balaban J connectivity index is 1.88. The highest BCUT2D eigenvalue weighted by molar-refractivity contribution is 5.96. The minimum Gasteiger partial charge on any atom is -0.496 e. The number of pyridine rings is 1. The molecule has 0 saturated carbocycles. The number of nitrogens with two attached hydrogens (primary N) is 1. The smallest absolute Gasteiger partial charge is 0.369 e. The Morgan fingerprint density at radius 2 is 2.11 bits per heavy atom. The van der Waals surface area contributed by atoms with Crippen LogP contribution in [0.5, 0.6) is 5.75 Å². The predicted molar refractivity (Wildman–Crippen MR) is 96.1 cm³/mol. The molecule has 0 aliphatic rings. The highest BCUT2D eigenvalue weighted by Crippen LogP contribution is 2.23. The number of oxime groups is 1. The number of fused-ring (bicyclic) bond motifs is 1. The summed E-state index contributed by atoms with van der Waals surface area (Å²) < 4.78 is 21.0. The molecule has 0 radical (unpaired) electrons. The number of carbonyl (C=O) groups excluding carboxylic acids is 1. The van der Waals surface area contributed by atoms with Crippen molar-refractivity contribution in [3.8, 4) is 5.75 Å². The van der Waals surface area contributed by atoms with Crippen LogP contribution in [0.4, 0.5) is 4.39 Å². The number of carbonyl (C=O) groups is 1. The van der Waals surface area contributed by atoms with Crippen LogP contribution in [0.3, 0.4) is 0 Å². The molecular weight excluding hydrogens is 353 g/mol. The van der Waals surface area contributed by atoms with E-state index in [1.807, 2.05) is 0 Å². The molecule has 0 aliphatic heterocycles. The van der Waals surface area contributed by atoms with E-state index in [9.17, 15) is 9.18 Å². The van der Waals surface area contributed by atoms with Gasteiger partial charge in [0.05, 0.1) is 7.11 Å². The van der Waals surface area contributed by atoms with Crippen LogP contribution in [0.1, 0.15) is 28.5 Å². The first-order valence-corrected chi connectivity index (χ1v) is 8.15. The minimum absolute atomic E-state index is 0.122. The third-order valence-corrected chi connectivity index (χ3v) is 3.96.